The molecule has 27 heavy (non-hydrogen) atoms. The summed E-state index contributed by atoms with van der Waals surface area (Å²) in [5.74, 6) is 0.369. The molecule has 5 heteroatoms. The highest BCUT2D eigenvalue weighted by molar-refractivity contribution is 6.26. The summed E-state index contributed by atoms with van der Waals surface area (Å²) >= 11 is 0. The summed E-state index contributed by atoms with van der Waals surface area (Å²) in [4.78, 5) is 27.3. The molecular weight excluding hydrogens is 340 g/mol. The molecule has 3 aromatic rings. The summed E-state index contributed by atoms with van der Waals surface area (Å²) in [5.41, 5.74) is 2.09. The van der Waals surface area contributed by atoms with Gasteiger partial charge in [-0.25, -0.2) is 0 Å². The fraction of sp³-hybridized carbons (Fsp3) is 0.182. The van der Waals surface area contributed by atoms with E-state index < -0.39 is 6.04 Å². The Balaban J connectivity index is 1.58. The summed E-state index contributed by atoms with van der Waals surface area (Å²) < 4.78 is 5.41. The first-order chi connectivity index (χ1) is 13.1. The van der Waals surface area contributed by atoms with Crippen LogP contribution in [0.3, 0.4) is 0 Å². The van der Waals surface area contributed by atoms with E-state index in [9.17, 15) is 9.59 Å². The number of nitrogens with one attached hydrogen (secondary N) is 1. The minimum atomic E-state index is -0.637. The van der Waals surface area contributed by atoms with Crippen molar-refractivity contribution in [3.8, 4) is 5.75 Å². The van der Waals surface area contributed by atoms with E-state index in [4.69, 9.17) is 4.74 Å². The second kappa shape index (κ2) is 6.76. The van der Waals surface area contributed by atoms with Gasteiger partial charge in [-0.15, -0.1) is 0 Å². The van der Waals surface area contributed by atoms with Crippen molar-refractivity contribution in [3.05, 3.63) is 66.2 Å². The number of carbonyl (C=O) groups is 2. The molecule has 0 saturated carbocycles. The van der Waals surface area contributed by atoms with Crippen LogP contribution in [-0.2, 0) is 4.79 Å². The predicted molar refractivity (Wildman–Crippen MR) is 106 cm³/mol. The molecule has 3 aromatic carbocycles. The Morgan fingerprint density at radius 2 is 1.78 bits per heavy atom. The number of carbonyl (C=O) groups excluding carboxylic acids is 2. The largest absolute Gasteiger partial charge is 0.494 e. The summed E-state index contributed by atoms with van der Waals surface area (Å²) in [5, 5.41) is 4.79. The molecule has 2 amide bonds. The highest BCUT2D eigenvalue weighted by Gasteiger charge is 2.35. The maximum absolute atomic E-state index is 12.9. The molecule has 0 bridgehead atoms. The van der Waals surface area contributed by atoms with Crippen LogP contribution in [0.1, 0.15) is 24.2 Å². The first kappa shape index (κ1) is 17.1. The number of ether oxygens (including phenoxy) is 1. The van der Waals surface area contributed by atoms with Crippen molar-refractivity contribution < 1.29 is 14.3 Å². The van der Waals surface area contributed by atoms with Crippen LogP contribution in [0.5, 0.6) is 5.75 Å². The van der Waals surface area contributed by atoms with Gasteiger partial charge in [0.2, 0.25) is 5.91 Å². The summed E-state index contributed by atoms with van der Waals surface area (Å²) in [6.45, 7) is 4.25. The second-order valence-electron chi connectivity index (χ2n) is 6.48. The number of benzene rings is 3. The Bertz CT molecular complexity index is 1020. The van der Waals surface area contributed by atoms with E-state index in [1.165, 1.54) is 0 Å². The molecule has 1 atom stereocenters. The predicted octanol–water partition coefficient (Wildman–Crippen LogP) is 4.23. The molecule has 1 aliphatic heterocycles. The second-order valence-corrected chi connectivity index (χ2v) is 6.48. The SMILES string of the molecule is CCOc1ccc(NC(=O)[C@H](C)N2C(=O)c3cccc4cccc2c34)cc1. The van der Waals surface area contributed by atoms with E-state index >= 15 is 0 Å². The third-order valence-corrected chi connectivity index (χ3v) is 4.79. The number of anilines is 2. The fourth-order valence-electron chi connectivity index (χ4n) is 3.49. The first-order valence-electron chi connectivity index (χ1n) is 8.99. The molecule has 136 valence electrons. The smallest absolute Gasteiger partial charge is 0.259 e. The van der Waals surface area contributed by atoms with Crippen LogP contribution in [-0.4, -0.2) is 24.5 Å². The van der Waals surface area contributed by atoms with Gasteiger partial charge in [-0.1, -0.05) is 24.3 Å². The lowest BCUT2D eigenvalue weighted by Gasteiger charge is -2.24. The Kier molecular flexibility index (Phi) is 4.28. The van der Waals surface area contributed by atoms with Crippen LogP contribution in [0.15, 0.2) is 60.7 Å². The molecule has 0 radical (unpaired) electrons. The van der Waals surface area contributed by atoms with Crippen molar-refractivity contribution >= 4 is 34.0 Å². The number of hydrogen-bond donors (Lipinski definition) is 1. The summed E-state index contributed by atoms with van der Waals surface area (Å²) in [6, 6.07) is 18.0. The third-order valence-electron chi connectivity index (χ3n) is 4.79. The lowest BCUT2D eigenvalue weighted by molar-refractivity contribution is -0.117. The first-order valence-corrected chi connectivity index (χ1v) is 8.99. The molecular formula is C22H20N2O3. The van der Waals surface area contributed by atoms with E-state index in [-0.39, 0.29) is 11.8 Å². The van der Waals surface area contributed by atoms with Crippen molar-refractivity contribution in [2.45, 2.75) is 19.9 Å². The number of amides is 2. The van der Waals surface area contributed by atoms with Gasteiger partial charge in [0.25, 0.3) is 5.91 Å². The van der Waals surface area contributed by atoms with E-state index in [2.05, 4.69) is 5.32 Å². The third kappa shape index (κ3) is 2.91. The molecule has 0 aromatic heterocycles. The fourth-order valence-corrected chi connectivity index (χ4v) is 3.49. The zero-order valence-corrected chi connectivity index (χ0v) is 15.2. The maximum atomic E-state index is 12.9. The van der Waals surface area contributed by atoms with E-state index in [1.807, 2.05) is 43.3 Å². The molecule has 4 rings (SSSR count). The zero-order valence-electron chi connectivity index (χ0n) is 15.2. The Morgan fingerprint density at radius 1 is 1.07 bits per heavy atom. The van der Waals surface area contributed by atoms with Gasteiger partial charge in [0.05, 0.1) is 12.3 Å². The van der Waals surface area contributed by atoms with Gasteiger partial charge in [0, 0.05) is 16.6 Å². The summed E-state index contributed by atoms with van der Waals surface area (Å²) in [6.07, 6.45) is 0. The van der Waals surface area contributed by atoms with Gasteiger partial charge in [0.1, 0.15) is 11.8 Å². The standard InChI is InChI=1S/C22H20N2O3/c1-3-27-17-12-10-16(11-13-17)23-21(25)14(2)24-19-9-5-7-15-6-4-8-18(20(15)19)22(24)26/h4-14H,3H2,1-2H3,(H,23,25)/t14-/m0/s1. The van der Waals surface area contributed by atoms with Gasteiger partial charge in [-0.3, -0.25) is 14.5 Å². The van der Waals surface area contributed by atoms with Gasteiger partial charge >= 0.3 is 0 Å². The van der Waals surface area contributed by atoms with Crippen LogP contribution in [0, 0.1) is 0 Å². The lowest BCUT2D eigenvalue weighted by atomic mass is 10.1. The number of hydrogen-bond acceptors (Lipinski definition) is 3. The van der Waals surface area contributed by atoms with Gasteiger partial charge in [-0.05, 0) is 55.6 Å². The van der Waals surface area contributed by atoms with E-state index in [1.54, 1.807) is 36.1 Å². The van der Waals surface area contributed by atoms with Crippen molar-refractivity contribution in [1.29, 1.82) is 0 Å². The maximum Gasteiger partial charge on any atom is 0.259 e. The molecule has 1 aliphatic rings. The quantitative estimate of drug-likeness (QED) is 0.741. The summed E-state index contributed by atoms with van der Waals surface area (Å²) in [7, 11) is 0. The molecule has 0 saturated heterocycles. The Morgan fingerprint density at radius 3 is 2.48 bits per heavy atom. The van der Waals surface area contributed by atoms with Crippen molar-refractivity contribution in [1.82, 2.24) is 0 Å². The van der Waals surface area contributed by atoms with Crippen molar-refractivity contribution in [2.24, 2.45) is 0 Å². The zero-order chi connectivity index (χ0) is 19.0. The van der Waals surface area contributed by atoms with Crippen LogP contribution >= 0.6 is 0 Å². The highest BCUT2D eigenvalue weighted by atomic mass is 16.5. The molecule has 0 spiro atoms. The lowest BCUT2D eigenvalue weighted by Crippen LogP contribution is -2.44. The molecule has 1 N–H and O–H groups in total. The molecule has 0 fully saturated rings. The van der Waals surface area contributed by atoms with Gasteiger partial charge < -0.3 is 10.1 Å². The minimum Gasteiger partial charge on any atom is -0.494 e. The minimum absolute atomic E-state index is 0.142. The van der Waals surface area contributed by atoms with Crippen LogP contribution < -0.4 is 15.0 Å². The van der Waals surface area contributed by atoms with Crippen LogP contribution in [0.2, 0.25) is 0 Å². The average molecular weight is 360 g/mol. The van der Waals surface area contributed by atoms with E-state index in [0.29, 0.717) is 17.9 Å². The topological polar surface area (TPSA) is 58.6 Å². The Labute approximate surface area is 157 Å². The van der Waals surface area contributed by atoms with E-state index in [0.717, 1.165) is 22.2 Å². The normalized spacial score (nSPS) is 13.7. The number of nitrogens with zero attached hydrogens (tertiary/aromatic N) is 1. The average Bonchev–Trinajstić information content (AvgIpc) is 2.97. The molecule has 1 heterocycles. The molecule has 5 nitrogen and oxygen atoms in total. The monoisotopic (exact) mass is 360 g/mol. The van der Waals surface area contributed by atoms with Gasteiger partial charge in [0.15, 0.2) is 0 Å². The number of rotatable bonds is 5. The van der Waals surface area contributed by atoms with Crippen LogP contribution in [0.4, 0.5) is 11.4 Å². The van der Waals surface area contributed by atoms with Gasteiger partial charge in [-0.2, -0.15) is 0 Å². The van der Waals surface area contributed by atoms with Crippen molar-refractivity contribution in [3.63, 3.8) is 0 Å². The molecule has 0 aliphatic carbocycles. The van der Waals surface area contributed by atoms with Crippen molar-refractivity contribution in [2.75, 3.05) is 16.8 Å². The van der Waals surface area contributed by atoms with Crippen LogP contribution in [0.25, 0.3) is 10.8 Å². The Hall–Kier alpha value is -3.34. The molecule has 0 unspecified atom stereocenters. The highest BCUT2D eigenvalue weighted by Crippen LogP contribution is 2.38.